The highest BCUT2D eigenvalue weighted by Crippen LogP contribution is 2.37. The van der Waals surface area contributed by atoms with E-state index < -0.39 is 4.92 Å². The molecule has 0 fully saturated rings. The third-order valence-corrected chi connectivity index (χ3v) is 2.67. The standard InChI is InChI=1S/C9H11N3O2/c10-7-3-1-6-5(7)2-4-8(9(6)11)12(13)14/h2,4,7H,1,3,10-11H2. The Hall–Kier alpha value is -1.62. The van der Waals surface area contributed by atoms with Gasteiger partial charge in [0.15, 0.2) is 0 Å². The van der Waals surface area contributed by atoms with Gasteiger partial charge in [0.2, 0.25) is 0 Å². The molecule has 1 aromatic carbocycles. The summed E-state index contributed by atoms with van der Waals surface area (Å²) in [5.74, 6) is 0. The highest BCUT2D eigenvalue weighted by atomic mass is 16.6. The number of nitrogen functional groups attached to an aromatic ring is 1. The van der Waals surface area contributed by atoms with E-state index in [4.69, 9.17) is 11.5 Å². The molecule has 0 saturated carbocycles. The third kappa shape index (κ3) is 1.13. The predicted octanol–water partition coefficient (Wildman–Crippen LogP) is 1.12. The molecule has 0 heterocycles. The lowest BCUT2D eigenvalue weighted by molar-refractivity contribution is -0.383. The van der Waals surface area contributed by atoms with Crippen molar-refractivity contribution < 1.29 is 4.92 Å². The van der Waals surface area contributed by atoms with Gasteiger partial charge in [-0.25, -0.2) is 0 Å². The second-order valence-corrected chi connectivity index (χ2v) is 3.47. The zero-order chi connectivity index (χ0) is 10.3. The Morgan fingerprint density at radius 3 is 2.86 bits per heavy atom. The van der Waals surface area contributed by atoms with E-state index in [9.17, 15) is 10.1 Å². The zero-order valence-corrected chi connectivity index (χ0v) is 7.56. The Balaban J connectivity index is 2.58. The molecular formula is C9H11N3O2. The van der Waals surface area contributed by atoms with Gasteiger partial charge in [-0.1, -0.05) is 6.07 Å². The van der Waals surface area contributed by atoms with E-state index in [0.29, 0.717) is 0 Å². The number of nitro groups is 1. The van der Waals surface area contributed by atoms with Crippen molar-refractivity contribution in [3.05, 3.63) is 33.4 Å². The van der Waals surface area contributed by atoms with Crippen molar-refractivity contribution in [1.29, 1.82) is 0 Å². The van der Waals surface area contributed by atoms with Crippen LogP contribution in [0.1, 0.15) is 23.6 Å². The number of nitrogens with two attached hydrogens (primary N) is 2. The number of benzene rings is 1. The van der Waals surface area contributed by atoms with Crippen molar-refractivity contribution >= 4 is 11.4 Å². The smallest absolute Gasteiger partial charge is 0.292 e. The van der Waals surface area contributed by atoms with Crippen LogP contribution in [0.25, 0.3) is 0 Å². The first-order valence-corrected chi connectivity index (χ1v) is 4.42. The molecule has 2 rings (SSSR count). The Morgan fingerprint density at radius 1 is 1.50 bits per heavy atom. The second kappa shape index (κ2) is 2.95. The van der Waals surface area contributed by atoms with Crippen LogP contribution in [0, 0.1) is 10.1 Å². The summed E-state index contributed by atoms with van der Waals surface area (Å²) in [7, 11) is 0. The number of anilines is 1. The molecule has 5 heteroatoms. The van der Waals surface area contributed by atoms with Gasteiger partial charge in [-0.2, -0.15) is 0 Å². The third-order valence-electron chi connectivity index (χ3n) is 2.67. The van der Waals surface area contributed by atoms with Gasteiger partial charge in [0, 0.05) is 12.1 Å². The Kier molecular flexibility index (Phi) is 1.89. The van der Waals surface area contributed by atoms with Gasteiger partial charge in [0.1, 0.15) is 5.69 Å². The molecule has 14 heavy (non-hydrogen) atoms. The lowest BCUT2D eigenvalue weighted by Crippen LogP contribution is -2.06. The summed E-state index contributed by atoms with van der Waals surface area (Å²) < 4.78 is 0. The minimum Gasteiger partial charge on any atom is -0.393 e. The van der Waals surface area contributed by atoms with Gasteiger partial charge in [-0.05, 0) is 24.0 Å². The Labute approximate surface area is 80.9 Å². The molecule has 0 amide bonds. The van der Waals surface area contributed by atoms with Crippen LogP contribution in [0.15, 0.2) is 12.1 Å². The van der Waals surface area contributed by atoms with Gasteiger partial charge in [0.05, 0.1) is 4.92 Å². The topological polar surface area (TPSA) is 95.2 Å². The van der Waals surface area contributed by atoms with Gasteiger partial charge in [0.25, 0.3) is 5.69 Å². The number of rotatable bonds is 1. The van der Waals surface area contributed by atoms with Crippen molar-refractivity contribution in [3.63, 3.8) is 0 Å². The van der Waals surface area contributed by atoms with Crippen molar-refractivity contribution in [2.45, 2.75) is 18.9 Å². The van der Waals surface area contributed by atoms with E-state index in [2.05, 4.69) is 0 Å². The first-order chi connectivity index (χ1) is 6.61. The Morgan fingerprint density at radius 2 is 2.21 bits per heavy atom. The summed E-state index contributed by atoms with van der Waals surface area (Å²) in [5, 5.41) is 10.6. The fraction of sp³-hybridized carbons (Fsp3) is 0.333. The average Bonchev–Trinajstić information content (AvgIpc) is 2.49. The lowest BCUT2D eigenvalue weighted by atomic mass is 10.1. The van der Waals surface area contributed by atoms with Gasteiger partial charge < -0.3 is 11.5 Å². The van der Waals surface area contributed by atoms with Gasteiger partial charge in [-0.15, -0.1) is 0 Å². The molecule has 0 saturated heterocycles. The molecule has 0 aromatic heterocycles. The van der Waals surface area contributed by atoms with Crippen molar-refractivity contribution in [2.24, 2.45) is 5.73 Å². The first kappa shape index (κ1) is 8.96. The van der Waals surface area contributed by atoms with Crippen molar-refractivity contribution in [3.8, 4) is 0 Å². The van der Waals surface area contributed by atoms with E-state index in [1.165, 1.54) is 6.07 Å². The molecule has 1 unspecified atom stereocenters. The quantitative estimate of drug-likeness (QED) is 0.397. The van der Waals surface area contributed by atoms with Gasteiger partial charge >= 0.3 is 0 Å². The van der Waals surface area contributed by atoms with Crippen LogP contribution in [-0.2, 0) is 6.42 Å². The maximum absolute atomic E-state index is 10.6. The van der Waals surface area contributed by atoms with Crippen LogP contribution < -0.4 is 11.5 Å². The van der Waals surface area contributed by atoms with Crippen LogP contribution >= 0.6 is 0 Å². The number of nitro benzene ring substituents is 1. The van der Waals surface area contributed by atoms with Crippen molar-refractivity contribution in [2.75, 3.05) is 5.73 Å². The van der Waals surface area contributed by atoms with E-state index in [1.807, 2.05) is 0 Å². The normalized spacial score (nSPS) is 19.4. The fourth-order valence-electron chi connectivity index (χ4n) is 1.91. The molecule has 5 nitrogen and oxygen atoms in total. The largest absolute Gasteiger partial charge is 0.393 e. The average molecular weight is 193 g/mol. The molecule has 74 valence electrons. The van der Waals surface area contributed by atoms with E-state index >= 15 is 0 Å². The van der Waals surface area contributed by atoms with E-state index in [-0.39, 0.29) is 17.4 Å². The minimum absolute atomic E-state index is 0.0159. The molecule has 0 aliphatic heterocycles. The monoisotopic (exact) mass is 193 g/mol. The van der Waals surface area contributed by atoms with Crippen molar-refractivity contribution in [1.82, 2.24) is 0 Å². The van der Waals surface area contributed by atoms with Gasteiger partial charge in [-0.3, -0.25) is 10.1 Å². The predicted molar refractivity (Wildman–Crippen MR) is 52.8 cm³/mol. The summed E-state index contributed by atoms with van der Waals surface area (Å²) in [6.07, 6.45) is 1.56. The minimum atomic E-state index is -0.459. The summed E-state index contributed by atoms with van der Waals surface area (Å²) in [5.41, 5.74) is 13.6. The number of hydrogen-bond donors (Lipinski definition) is 2. The number of fused-ring (bicyclic) bond motifs is 1. The van der Waals surface area contributed by atoms with Crippen LogP contribution in [0.4, 0.5) is 11.4 Å². The van der Waals surface area contributed by atoms with E-state index in [0.717, 1.165) is 24.0 Å². The summed E-state index contributed by atoms with van der Waals surface area (Å²) >= 11 is 0. The van der Waals surface area contributed by atoms with Crippen LogP contribution in [0.3, 0.4) is 0 Å². The zero-order valence-electron chi connectivity index (χ0n) is 7.56. The second-order valence-electron chi connectivity index (χ2n) is 3.47. The molecule has 1 aliphatic carbocycles. The van der Waals surface area contributed by atoms with E-state index in [1.54, 1.807) is 6.07 Å². The molecule has 4 N–H and O–H groups in total. The maximum atomic E-state index is 10.6. The van der Waals surface area contributed by atoms with Crippen LogP contribution in [0.2, 0.25) is 0 Å². The maximum Gasteiger partial charge on any atom is 0.292 e. The highest BCUT2D eigenvalue weighted by Gasteiger charge is 2.25. The fourth-order valence-corrected chi connectivity index (χ4v) is 1.91. The molecule has 1 aliphatic rings. The molecule has 0 bridgehead atoms. The van der Waals surface area contributed by atoms with Crippen LogP contribution in [0.5, 0.6) is 0 Å². The molecule has 1 atom stereocenters. The highest BCUT2D eigenvalue weighted by molar-refractivity contribution is 5.67. The number of nitrogens with zero attached hydrogens (tertiary/aromatic N) is 1. The molecule has 1 aromatic rings. The molecule has 0 radical (unpaired) electrons. The molecular weight excluding hydrogens is 182 g/mol. The lowest BCUT2D eigenvalue weighted by Gasteiger charge is -2.06. The Bertz CT molecular complexity index is 403. The summed E-state index contributed by atoms with van der Waals surface area (Å²) in [6, 6.07) is 3.12. The SMILES string of the molecule is Nc1c([N+](=O)[O-])ccc2c1CCC2N. The van der Waals surface area contributed by atoms with Crippen LogP contribution in [-0.4, -0.2) is 4.92 Å². The number of hydrogen-bond acceptors (Lipinski definition) is 4. The summed E-state index contributed by atoms with van der Waals surface area (Å²) in [6.45, 7) is 0. The summed E-state index contributed by atoms with van der Waals surface area (Å²) in [4.78, 5) is 10.1. The molecule has 0 spiro atoms. The first-order valence-electron chi connectivity index (χ1n) is 4.42.